The van der Waals surface area contributed by atoms with Gasteiger partial charge < -0.3 is 19.9 Å². The lowest BCUT2D eigenvalue weighted by molar-refractivity contribution is -0.150. The van der Waals surface area contributed by atoms with Crippen molar-refractivity contribution in [3.05, 3.63) is 0 Å². The predicted octanol–water partition coefficient (Wildman–Crippen LogP) is 2.52. The summed E-state index contributed by atoms with van der Waals surface area (Å²) in [5, 5.41) is 3.22. The smallest absolute Gasteiger partial charge is 0.317 e. The van der Waals surface area contributed by atoms with E-state index in [0.29, 0.717) is 31.1 Å². The van der Waals surface area contributed by atoms with Crippen LogP contribution in [0.1, 0.15) is 64.2 Å². The Morgan fingerprint density at radius 3 is 2.54 bits per heavy atom. The minimum Gasteiger partial charge on any atom is -0.381 e. The summed E-state index contributed by atoms with van der Waals surface area (Å²) < 4.78 is 5.46. The van der Waals surface area contributed by atoms with Crippen molar-refractivity contribution in [2.45, 2.75) is 76.3 Å². The first-order valence-electron chi connectivity index (χ1n) is 10.6. The van der Waals surface area contributed by atoms with Crippen LogP contribution in [0.4, 0.5) is 4.79 Å². The van der Waals surface area contributed by atoms with E-state index in [1.165, 1.54) is 19.3 Å². The summed E-state index contributed by atoms with van der Waals surface area (Å²) in [6.45, 7) is 3.71. The van der Waals surface area contributed by atoms with Gasteiger partial charge in [-0.2, -0.15) is 0 Å². The molecule has 3 aliphatic heterocycles. The van der Waals surface area contributed by atoms with Crippen molar-refractivity contribution in [3.63, 3.8) is 0 Å². The molecule has 0 bridgehead atoms. The van der Waals surface area contributed by atoms with Gasteiger partial charge in [0.25, 0.3) is 0 Å². The first-order chi connectivity index (χ1) is 12.7. The minimum atomic E-state index is -0.333. The van der Waals surface area contributed by atoms with E-state index in [4.69, 9.17) is 4.74 Å². The fourth-order valence-corrected chi connectivity index (χ4v) is 5.38. The third-order valence-corrected chi connectivity index (χ3v) is 6.97. The summed E-state index contributed by atoms with van der Waals surface area (Å²) in [6.07, 6.45) is 10.6. The van der Waals surface area contributed by atoms with Gasteiger partial charge in [0.2, 0.25) is 5.91 Å². The summed E-state index contributed by atoms with van der Waals surface area (Å²) in [4.78, 5) is 30.1. The molecule has 26 heavy (non-hydrogen) atoms. The van der Waals surface area contributed by atoms with E-state index < -0.39 is 0 Å². The number of rotatable bonds is 2. The molecule has 1 aliphatic carbocycles. The zero-order valence-corrected chi connectivity index (χ0v) is 15.9. The lowest BCUT2D eigenvalue weighted by Crippen LogP contribution is -2.55. The average molecular weight is 364 g/mol. The van der Waals surface area contributed by atoms with Crippen molar-refractivity contribution in [1.29, 1.82) is 0 Å². The Morgan fingerprint density at radius 1 is 1.00 bits per heavy atom. The third-order valence-electron chi connectivity index (χ3n) is 6.97. The number of urea groups is 1. The van der Waals surface area contributed by atoms with Gasteiger partial charge in [-0.1, -0.05) is 19.3 Å². The zero-order valence-electron chi connectivity index (χ0n) is 15.9. The number of likely N-dealkylation sites (tertiary alicyclic amines) is 2. The Bertz CT molecular complexity index is 528. The van der Waals surface area contributed by atoms with Crippen molar-refractivity contribution < 1.29 is 14.3 Å². The van der Waals surface area contributed by atoms with Crippen molar-refractivity contribution in [2.75, 3.05) is 32.8 Å². The molecule has 0 aromatic carbocycles. The van der Waals surface area contributed by atoms with E-state index >= 15 is 0 Å². The number of amides is 3. The fourth-order valence-electron chi connectivity index (χ4n) is 5.38. The molecule has 1 atom stereocenters. The second-order valence-corrected chi connectivity index (χ2v) is 8.68. The number of piperidine rings is 1. The van der Waals surface area contributed by atoms with Crippen LogP contribution in [0.25, 0.3) is 0 Å². The molecular weight excluding hydrogens is 330 g/mol. The highest BCUT2D eigenvalue weighted by atomic mass is 16.5. The van der Waals surface area contributed by atoms with Crippen LogP contribution >= 0.6 is 0 Å². The molecule has 0 unspecified atom stereocenters. The molecule has 6 heteroatoms. The fraction of sp³-hybridized carbons (Fsp3) is 0.900. The average Bonchev–Trinajstić information content (AvgIpc) is 3.11. The van der Waals surface area contributed by atoms with Crippen molar-refractivity contribution >= 4 is 11.9 Å². The molecule has 4 rings (SSSR count). The van der Waals surface area contributed by atoms with E-state index in [0.717, 1.165) is 64.7 Å². The molecule has 3 amide bonds. The second kappa shape index (κ2) is 7.75. The summed E-state index contributed by atoms with van der Waals surface area (Å²) >= 11 is 0. The van der Waals surface area contributed by atoms with Crippen LogP contribution < -0.4 is 5.32 Å². The van der Waals surface area contributed by atoms with Gasteiger partial charge in [-0.15, -0.1) is 0 Å². The normalized spacial score (nSPS) is 31.6. The molecule has 146 valence electrons. The Morgan fingerprint density at radius 2 is 1.77 bits per heavy atom. The zero-order chi connectivity index (χ0) is 18.0. The molecule has 1 saturated carbocycles. The largest absolute Gasteiger partial charge is 0.381 e. The topological polar surface area (TPSA) is 61.9 Å². The molecule has 0 aromatic heterocycles. The van der Waals surface area contributed by atoms with Crippen molar-refractivity contribution in [1.82, 2.24) is 15.1 Å². The lowest BCUT2D eigenvalue weighted by Gasteiger charge is -2.44. The Hall–Kier alpha value is -1.30. The van der Waals surface area contributed by atoms with Crippen LogP contribution in [0.2, 0.25) is 0 Å². The third kappa shape index (κ3) is 3.57. The number of carbonyl (C=O) groups excluding carboxylic acids is 2. The number of ether oxygens (including phenoxy) is 1. The number of hydrogen-bond donors (Lipinski definition) is 1. The van der Waals surface area contributed by atoms with Crippen LogP contribution in [0.15, 0.2) is 0 Å². The van der Waals surface area contributed by atoms with Gasteiger partial charge >= 0.3 is 6.03 Å². The van der Waals surface area contributed by atoms with Gasteiger partial charge in [0.15, 0.2) is 0 Å². The second-order valence-electron chi connectivity index (χ2n) is 8.68. The van der Waals surface area contributed by atoms with E-state index in [1.54, 1.807) is 0 Å². The molecule has 4 fully saturated rings. The van der Waals surface area contributed by atoms with Crippen molar-refractivity contribution in [2.24, 2.45) is 5.41 Å². The molecular formula is C20H33N3O3. The van der Waals surface area contributed by atoms with Crippen LogP contribution in [0.5, 0.6) is 0 Å². The molecule has 0 radical (unpaired) electrons. The molecule has 0 aromatic rings. The van der Waals surface area contributed by atoms with Gasteiger partial charge in [0, 0.05) is 44.9 Å². The highest BCUT2D eigenvalue weighted by Crippen LogP contribution is 2.41. The maximum Gasteiger partial charge on any atom is 0.317 e. The number of nitrogens with zero attached hydrogens (tertiary/aromatic N) is 2. The Labute approximate surface area is 156 Å². The SMILES string of the molecule is O=C(NC1CCCCC1)N1CC[C@]2(CCCN(C3CCOCC3)C2=O)C1. The monoisotopic (exact) mass is 363 g/mol. The minimum absolute atomic E-state index is 0.0461. The first-order valence-corrected chi connectivity index (χ1v) is 10.6. The van der Waals surface area contributed by atoms with Gasteiger partial charge in [0.1, 0.15) is 0 Å². The summed E-state index contributed by atoms with van der Waals surface area (Å²) in [7, 11) is 0. The van der Waals surface area contributed by atoms with Gasteiger partial charge in [0.05, 0.1) is 5.41 Å². The maximum absolute atomic E-state index is 13.3. The van der Waals surface area contributed by atoms with Crippen LogP contribution in [-0.4, -0.2) is 66.7 Å². The highest BCUT2D eigenvalue weighted by molar-refractivity contribution is 5.86. The summed E-state index contributed by atoms with van der Waals surface area (Å²) in [5.74, 6) is 0.295. The maximum atomic E-state index is 13.3. The molecule has 3 saturated heterocycles. The molecule has 3 heterocycles. The predicted molar refractivity (Wildman–Crippen MR) is 98.8 cm³/mol. The van der Waals surface area contributed by atoms with E-state index in [2.05, 4.69) is 10.2 Å². The highest BCUT2D eigenvalue weighted by Gasteiger charge is 2.50. The lowest BCUT2D eigenvalue weighted by atomic mass is 9.77. The number of hydrogen-bond acceptors (Lipinski definition) is 3. The molecule has 6 nitrogen and oxygen atoms in total. The van der Waals surface area contributed by atoms with E-state index in [1.807, 2.05) is 4.90 Å². The van der Waals surface area contributed by atoms with E-state index in [-0.39, 0.29) is 11.4 Å². The van der Waals surface area contributed by atoms with Crippen LogP contribution in [0.3, 0.4) is 0 Å². The first kappa shape index (κ1) is 18.1. The molecule has 1 spiro atoms. The van der Waals surface area contributed by atoms with Gasteiger partial charge in [-0.3, -0.25) is 4.79 Å². The Balaban J connectivity index is 1.37. The standard InChI is InChI=1S/C20H33N3O3/c24-18-20(9-4-11-23(18)17-7-13-26-14-8-17)10-12-22(15-20)19(25)21-16-5-2-1-3-6-16/h16-17H,1-15H2,(H,21,25)/t20-/m1/s1. The summed E-state index contributed by atoms with van der Waals surface area (Å²) in [5.41, 5.74) is -0.333. The number of carbonyl (C=O) groups is 2. The summed E-state index contributed by atoms with van der Waals surface area (Å²) in [6, 6.07) is 0.705. The van der Waals surface area contributed by atoms with Crippen molar-refractivity contribution in [3.8, 4) is 0 Å². The number of nitrogens with one attached hydrogen (secondary N) is 1. The van der Waals surface area contributed by atoms with E-state index in [9.17, 15) is 9.59 Å². The quantitative estimate of drug-likeness (QED) is 0.820. The van der Waals surface area contributed by atoms with Gasteiger partial charge in [-0.25, -0.2) is 4.79 Å². The molecule has 4 aliphatic rings. The molecule has 1 N–H and O–H groups in total. The van der Waals surface area contributed by atoms with Crippen LogP contribution in [-0.2, 0) is 9.53 Å². The van der Waals surface area contributed by atoms with Gasteiger partial charge in [-0.05, 0) is 44.9 Å². The van der Waals surface area contributed by atoms with Crippen LogP contribution in [0, 0.1) is 5.41 Å². The Kier molecular flexibility index (Phi) is 5.39.